The summed E-state index contributed by atoms with van der Waals surface area (Å²) in [5.74, 6) is 0. The maximum Gasteiger partial charge on any atom is 0.410 e. The third-order valence-electron chi connectivity index (χ3n) is 3.75. The van der Waals surface area contributed by atoms with Gasteiger partial charge in [0.05, 0.1) is 0 Å². The van der Waals surface area contributed by atoms with E-state index in [0.717, 1.165) is 32.4 Å². The average Bonchev–Trinajstić information content (AvgIpc) is 3.19. The molecule has 4 heteroatoms. The Labute approximate surface area is 130 Å². The number of nitrogens with zero attached hydrogens (tertiary/aromatic N) is 1. The summed E-state index contributed by atoms with van der Waals surface area (Å²) in [5.41, 5.74) is -0.406. The second-order valence-electron chi connectivity index (χ2n) is 7.11. The van der Waals surface area contributed by atoms with Crippen molar-refractivity contribution in [1.82, 2.24) is 10.2 Å². The van der Waals surface area contributed by atoms with Crippen LogP contribution >= 0.6 is 0 Å². The number of carbonyl (C=O) groups excluding carboxylic acids is 1. The van der Waals surface area contributed by atoms with Crippen molar-refractivity contribution in [1.29, 1.82) is 0 Å². The van der Waals surface area contributed by atoms with E-state index in [9.17, 15) is 4.79 Å². The first-order valence-corrected chi connectivity index (χ1v) is 8.60. The van der Waals surface area contributed by atoms with Crippen molar-refractivity contribution in [3.63, 3.8) is 0 Å². The van der Waals surface area contributed by atoms with Gasteiger partial charge in [-0.2, -0.15) is 0 Å². The van der Waals surface area contributed by atoms with Crippen LogP contribution in [-0.4, -0.2) is 41.8 Å². The van der Waals surface area contributed by atoms with E-state index in [4.69, 9.17) is 4.74 Å². The van der Waals surface area contributed by atoms with Crippen molar-refractivity contribution in [3.8, 4) is 0 Å². The Morgan fingerprint density at radius 2 is 2.00 bits per heavy atom. The van der Waals surface area contributed by atoms with Crippen LogP contribution in [0.4, 0.5) is 4.79 Å². The number of carbonyl (C=O) groups is 1. The van der Waals surface area contributed by atoms with E-state index >= 15 is 0 Å². The first kappa shape index (κ1) is 18.3. The molecule has 1 saturated carbocycles. The maximum atomic E-state index is 12.2. The van der Waals surface area contributed by atoms with Gasteiger partial charge in [-0.05, 0) is 59.4 Å². The topological polar surface area (TPSA) is 41.6 Å². The Hall–Kier alpha value is -0.770. The van der Waals surface area contributed by atoms with Crippen molar-refractivity contribution >= 4 is 6.09 Å². The van der Waals surface area contributed by atoms with Crippen molar-refractivity contribution in [2.45, 2.75) is 90.8 Å². The summed E-state index contributed by atoms with van der Waals surface area (Å²) in [6.45, 7) is 12.0. The third kappa shape index (κ3) is 7.70. The second-order valence-corrected chi connectivity index (χ2v) is 7.11. The number of hydrogen-bond acceptors (Lipinski definition) is 3. The second kappa shape index (κ2) is 8.62. The molecule has 1 aliphatic rings. The Morgan fingerprint density at radius 1 is 1.33 bits per heavy atom. The molecule has 0 saturated heterocycles. The lowest BCUT2D eigenvalue weighted by molar-refractivity contribution is 0.0231. The molecule has 1 aliphatic carbocycles. The van der Waals surface area contributed by atoms with E-state index in [0.29, 0.717) is 12.1 Å². The minimum atomic E-state index is -0.406. The van der Waals surface area contributed by atoms with Gasteiger partial charge >= 0.3 is 6.09 Å². The van der Waals surface area contributed by atoms with Crippen molar-refractivity contribution in [3.05, 3.63) is 0 Å². The highest BCUT2D eigenvalue weighted by Crippen LogP contribution is 2.28. The zero-order valence-corrected chi connectivity index (χ0v) is 14.6. The Bertz CT molecular complexity index is 308. The van der Waals surface area contributed by atoms with Crippen LogP contribution in [0.3, 0.4) is 0 Å². The number of nitrogens with one attached hydrogen (secondary N) is 1. The van der Waals surface area contributed by atoms with Crippen LogP contribution < -0.4 is 5.32 Å². The molecule has 0 spiro atoms. The highest BCUT2D eigenvalue weighted by molar-refractivity contribution is 5.69. The lowest BCUT2D eigenvalue weighted by atomic mass is 10.1. The summed E-state index contributed by atoms with van der Waals surface area (Å²) < 4.78 is 5.51. The van der Waals surface area contributed by atoms with Gasteiger partial charge in [-0.15, -0.1) is 0 Å². The van der Waals surface area contributed by atoms with E-state index in [-0.39, 0.29) is 6.09 Å². The molecule has 124 valence electrons. The zero-order valence-electron chi connectivity index (χ0n) is 14.6. The Morgan fingerprint density at radius 3 is 2.48 bits per heavy atom. The highest BCUT2D eigenvalue weighted by Gasteiger charge is 2.34. The van der Waals surface area contributed by atoms with Crippen LogP contribution in [0.15, 0.2) is 0 Å². The summed E-state index contributed by atoms with van der Waals surface area (Å²) in [5, 5.41) is 3.59. The zero-order chi connectivity index (χ0) is 15.9. The molecule has 21 heavy (non-hydrogen) atoms. The van der Waals surface area contributed by atoms with Gasteiger partial charge in [-0.1, -0.05) is 20.3 Å². The molecule has 1 atom stereocenters. The quantitative estimate of drug-likeness (QED) is 0.655. The first-order chi connectivity index (χ1) is 9.87. The molecule has 1 fully saturated rings. The van der Waals surface area contributed by atoms with Crippen molar-refractivity contribution in [2.75, 3.05) is 13.1 Å². The summed E-state index contributed by atoms with van der Waals surface area (Å²) in [6, 6.07) is 1.03. The van der Waals surface area contributed by atoms with Crippen LogP contribution in [0.2, 0.25) is 0 Å². The molecule has 1 unspecified atom stereocenters. The monoisotopic (exact) mass is 298 g/mol. The fourth-order valence-electron chi connectivity index (χ4n) is 2.48. The number of hydrogen-bond donors (Lipinski definition) is 1. The van der Waals surface area contributed by atoms with Crippen LogP contribution in [0.1, 0.15) is 73.1 Å². The van der Waals surface area contributed by atoms with Gasteiger partial charge in [-0.25, -0.2) is 4.79 Å². The Kier molecular flexibility index (Phi) is 7.50. The minimum Gasteiger partial charge on any atom is -0.444 e. The smallest absolute Gasteiger partial charge is 0.410 e. The van der Waals surface area contributed by atoms with Gasteiger partial charge < -0.3 is 15.0 Å². The van der Waals surface area contributed by atoms with Crippen LogP contribution in [0.5, 0.6) is 0 Å². The normalized spacial score (nSPS) is 16.6. The molecule has 0 bridgehead atoms. The van der Waals surface area contributed by atoms with E-state index < -0.39 is 5.60 Å². The maximum absolute atomic E-state index is 12.2. The van der Waals surface area contributed by atoms with E-state index in [1.165, 1.54) is 19.3 Å². The molecule has 0 heterocycles. The van der Waals surface area contributed by atoms with Crippen molar-refractivity contribution in [2.24, 2.45) is 0 Å². The molecule has 4 nitrogen and oxygen atoms in total. The van der Waals surface area contributed by atoms with Crippen LogP contribution in [0.25, 0.3) is 0 Å². The van der Waals surface area contributed by atoms with Gasteiger partial charge in [0.2, 0.25) is 0 Å². The SMILES string of the molecule is CCCC(CC)NCCCN(C(=O)OC(C)(C)C)C1CC1. The summed E-state index contributed by atoms with van der Waals surface area (Å²) in [4.78, 5) is 14.1. The highest BCUT2D eigenvalue weighted by atomic mass is 16.6. The van der Waals surface area contributed by atoms with E-state index in [1.54, 1.807) is 0 Å². The molecule has 0 radical (unpaired) electrons. The predicted octanol–water partition coefficient (Wildman–Crippen LogP) is 3.94. The lowest BCUT2D eigenvalue weighted by Crippen LogP contribution is -2.40. The largest absolute Gasteiger partial charge is 0.444 e. The number of amides is 1. The number of rotatable bonds is 9. The number of ether oxygens (including phenoxy) is 1. The van der Waals surface area contributed by atoms with E-state index in [2.05, 4.69) is 19.2 Å². The van der Waals surface area contributed by atoms with Gasteiger partial charge in [0.25, 0.3) is 0 Å². The Balaban J connectivity index is 2.30. The molecular weight excluding hydrogens is 264 g/mol. The molecule has 0 aromatic carbocycles. The van der Waals surface area contributed by atoms with Gasteiger partial charge in [-0.3, -0.25) is 0 Å². The van der Waals surface area contributed by atoms with Gasteiger partial charge in [0, 0.05) is 18.6 Å². The van der Waals surface area contributed by atoms with Crippen LogP contribution in [-0.2, 0) is 4.74 Å². The van der Waals surface area contributed by atoms with Gasteiger partial charge in [0.1, 0.15) is 5.60 Å². The summed E-state index contributed by atoms with van der Waals surface area (Å²) in [7, 11) is 0. The molecule has 1 rings (SSSR count). The molecule has 1 amide bonds. The van der Waals surface area contributed by atoms with Crippen molar-refractivity contribution < 1.29 is 9.53 Å². The predicted molar refractivity (Wildman–Crippen MR) is 87.6 cm³/mol. The third-order valence-corrected chi connectivity index (χ3v) is 3.75. The molecule has 0 aliphatic heterocycles. The fraction of sp³-hybridized carbons (Fsp3) is 0.941. The average molecular weight is 298 g/mol. The first-order valence-electron chi connectivity index (χ1n) is 8.60. The van der Waals surface area contributed by atoms with Crippen LogP contribution in [0, 0.1) is 0 Å². The van der Waals surface area contributed by atoms with Gasteiger partial charge in [0.15, 0.2) is 0 Å². The fourth-order valence-corrected chi connectivity index (χ4v) is 2.48. The lowest BCUT2D eigenvalue weighted by Gasteiger charge is -2.27. The molecule has 0 aromatic rings. The molecule has 0 aromatic heterocycles. The summed E-state index contributed by atoms with van der Waals surface area (Å²) in [6.07, 6.45) is 6.72. The minimum absolute atomic E-state index is 0.148. The summed E-state index contributed by atoms with van der Waals surface area (Å²) >= 11 is 0. The van der Waals surface area contributed by atoms with E-state index in [1.807, 2.05) is 25.7 Å². The standard InChI is InChI=1S/C17H34N2O2/c1-6-9-14(7-2)18-12-8-13-19(15-10-11-15)16(20)21-17(3,4)5/h14-15,18H,6-13H2,1-5H3. The molecular formula is C17H34N2O2. The molecule has 1 N–H and O–H groups in total.